The second kappa shape index (κ2) is 9.09. The SMILES string of the molecule is CCOc1cc(-c2cc(O)cc(O[C@@H](CC)C(=O)O)c2)ccc1-c1nc2c(c(=O)[nH]1)NNN2. The van der Waals surface area contributed by atoms with E-state index in [0.29, 0.717) is 40.7 Å². The quantitative estimate of drug-likeness (QED) is 0.299. The zero-order chi connectivity index (χ0) is 23.5. The summed E-state index contributed by atoms with van der Waals surface area (Å²) < 4.78 is 11.3. The van der Waals surface area contributed by atoms with Crippen LogP contribution in [-0.2, 0) is 4.79 Å². The third-order valence-electron chi connectivity index (χ3n) is 4.97. The second-order valence-corrected chi connectivity index (χ2v) is 7.23. The standard InChI is InChI=1S/C22H23N5O6/c1-3-16(22(30)31)33-14-8-12(7-13(28)10-14)11-5-6-15(17(9-11)32-4-2)19-23-20-18(21(29)24-19)25-27-26-20/h5-10,16,25,27-28H,3-4H2,1-2H3,(H,30,31)(H2,23,24,26,29)/t16-/m0/s1. The number of rotatable bonds is 8. The van der Waals surface area contributed by atoms with E-state index in [9.17, 15) is 19.8 Å². The molecule has 0 saturated heterocycles. The first-order valence-corrected chi connectivity index (χ1v) is 10.3. The summed E-state index contributed by atoms with van der Waals surface area (Å²) >= 11 is 0. The van der Waals surface area contributed by atoms with Gasteiger partial charge in [0.15, 0.2) is 17.6 Å². The Morgan fingerprint density at radius 1 is 1.12 bits per heavy atom. The molecular weight excluding hydrogens is 430 g/mol. The van der Waals surface area contributed by atoms with Gasteiger partial charge in [-0.3, -0.25) is 15.6 Å². The van der Waals surface area contributed by atoms with Gasteiger partial charge in [0.05, 0.1) is 12.2 Å². The number of aromatic hydroxyl groups is 1. The van der Waals surface area contributed by atoms with Gasteiger partial charge in [-0.15, -0.1) is 5.53 Å². The minimum absolute atomic E-state index is 0.0690. The maximum atomic E-state index is 12.3. The number of ether oxygens (including phenoxy) is 2. The summed E-state index contributed by atoms with van der Waals surface area (Å²) in [6.45, 7) is 3.91. The number of fused-ring (bicyclic) bond motifs is 1. The zero-order valence-electron chi connectivity index (χ0n) is 17.9. The predicted molar refractivity (Wildman–Crippen MR) is 121 cm³/mol. The van der Waals surface area contributed by atoms with E-state index < -0.39 is 12.1 Å². The number of nitrogens with zero attached hydrogens (tertiary/aromatic N) is 1. The molecule has 2 heterocycles. The van der Waals surface area contributed by atoms with Crippen LogP contribution in [0.2, 0.25) is 0 Å². The van der Waals surface area contributed by atoms with Gasteiger partial charge in [-0.2, -0.15) is 0 Å². The van der Waals surface area contributed by atoms with Crippen LogP contribution in [0.15, 0.2) is 41.2 Å². The Bertz CT molecular complexity index is 1260. The highest BCUT2D eigenvalue weighted by Gasteiger charge is 2.20. The molecule has 11 nitrogen and oxygen atoms in total. The van der Waals surface area contributed by atoms with E-state index in [4.69, 9.17) is 9.47 Å². The maximum Gasteiger partial charge on any atom is 0.344 e. The lowest BCUT2D eigenvalue weighted by Gasteiger charge is -2.16. The fourth-order valence-electron chi connectivity index (χ4n) is 3.42. The van der Waals surface area contributed by atoms with Crippen molar-refractivity contribution in [2.75, 3.05) is 17.5 Å². The number of nitrogens with one attached hydrogen (secondary N) is 4. The average molecular weight is 453 g/mol. The molecule has 0 spiro atoms. The Balaban J connectivity index is 1.73. The highest BCUT2D eigenvalue weighted by molar-refractivity contribution is 5.77. The molecule has 0 radical (unpaired) electrons. The van der Waals surface area contributed by atoms with Gasteiger partial charge in [-0.05, 0) is 48.7 Å². The maximum absolute atomic E-state index is 12.3. The lowest BCUT2D eigenvalue weighted by molar-refractivity contribution is -0.145. The first kappa shape index (κ1) is 22.0. The number of hydrazine groups is 2. The smallest absolute Gasteiger partial charge is 0.344 e. The molecule has 1 aromatic heterocycles. The first-order chi connectivity index (χ1) is 15.9. The monoisotopic (exact) mass is 453 g/mol. The van der Waals surface area contributed by atoms with Crippen LogP contribution < -0.4 is 31.4 Å². The topological polar surface area (TPSA) is 158 Å². The molecule has 1 aliphatic rings. The Kier molecular flexibility index (Phi) is 6.05. The van der Waals surface area contributed by atoms with Crippen molar-refractivity contribution in [3.63, 3.8) is 0 Å². The van der Waals surface area contributed by atoms with Gasteiger partial charge in [-0.1, -0.05) is 13.0 Å². The fraction of sp³-hybridized carbons (Fsp3) is 0.227. The van der Waals surface area contributed by atoms with Crippen molar-refractivity contribution in [3.05, 3.63) is 46.8 Å². The number of aromatic nitrogens is 2. The van der Waals surface area contributed by atoms with Crippen molar-refractivity contribution >= 4 is 17.5 Å². The summed E-state index contributed by atoms with van der Waals surface area (Å²) in [5.74, 6) is 0.233. The minimum Gasteiger partial charge on any atom is -0.508 e. The number of benzene rings is 2. The van der Waals surface area contributed by atoms with Crippen molar-refractivity contribution in [2.24, 2.45) is 0 Å². The lowest BCUT2D eigenvalue weighted by atomic mass is 10.0. The van der Waals surface area contributed by atoms with Gasteiger partial charge in [0.25, 0.3) is 5.56 Å². The Labute approximate surface area is 188 Å². The zero-order valence-corrected chi connectivity index (χ0v) is 17.9. The average Bonchev–Trinajstić information content (AvgIpc) is 3.26. The first-order valence-electron chi connectivity index (χ1n) is 10.3. The molecule has 2 aromatic carbocycles. The highest BCUT2D eigenvalue weighted by Crippen LogP contribution is 2.36. The molecule has 0 saturated carbocycles. The van der Waals surface area contributed by atoms with Crippen LogP contribution in [0.4, 0.5) is 11.5 Å². The van der Waals surface area contributed by atoms with Gasteiger partial charge < -0.3 is 24.7 Å². The molecule has 3 aromatic rings. The number of carboxylic acids is 1. The van der Waals surface area contributed by atoms with Gasteiger partial charge in [0, 0.05) is 6.07 Å². The number of hydrogen-bond acceptors (Lipinski definition) is 9. The van der Waals surface area contributed by atoms with E-state index in [-0.39, 0.29) is 29.2 Å². The fourth-order valence-corrected chi connectivity index (χ4v) is 3.42. The van der Waals surface area contributed by atoms with Gasteiger partial charge in [0.1, 0.15) is 23.1 Å². The third-order valence-corrected chi connectivity index (χ3v) is 4.97. The van der Waals surface area contributed by atoms with Crippen molar-refractivity contribution in [3.8, 4) is 39.8 Å². The number of hydrogen-bond donors (Lipinski definition) is 6. The molecule has 1 aliphatic heterocycles. The van der Waals surface area contributed by atoms with E-state index in [1.54, 1.807) is 31.2 Å². The second-order valence-electron chi connectivity index (χ2n) is 7.23. The number of carbonyl (C=O) groups is 1. The van der Waals surface area contributed by atoms with Crippen LogP contribution in [-0.4, -0.2) is 38.9 Å². The molecule has 11 heteroatoms. The molecule has 0 bridgehead atoms. The van der Waals surface area contributed by atoms with Crippen LogP contribution in [0.3, 0.4) is 0 Å². The molecule has 6 N–H and O–H groups in total. The van der Waals surface area contributed by atoms with E-state index >= 15 is 0 Å². The number of phenols is 1. The number of H-pyrrole nitrogens is 1. The number of carboxylic acid groups (broad SMARTS) is 1. The van der Waals surface area contributed by atoms with Gasteiger partial charge in [-0.25, -0.2) is 9.78 Å². The summed E-state index contributed by atoms with van der Waals surface area (Å²) in [7, 11) is 0. The molecule has 33 heavy (non-hydrogen) atoms. The van der Waals surface area contributed by atoms with Gasteiger partial charge >= 0.3 is 5.97 Å². The molecule has 172 valence electrons. The van der Waals surface area contributed by atoms with Crippen molar-refractivity contribution in [1.29, 1.82) is 0 Å². The molecule has 4 rings (SSSR count). The van der Waals surface area contributed by atoms with E-state index in [1.807, 2.05) is 6.92 Å². The highest BCUT2D eigenvalue weighted by atomic mass is 16.5. The van der Waals surface area contributed by atoms with Gasteiger partial charge in [0.2, 0.25) is 0 Å². The minimum atomic E-state index is -1.08. The number of aliphatic carboxylic acids is 1. The Hall–Kier alpha value is -4.25. The molecule has 0 fully saturated rings. The Morgan fingerprint density at radius 3 is 2.67 bits per heavy atom. The summed E-state index contributed by atoms with van der Waals surface area (Å²) in [4.78, 5) is 30.8. The largest absolute Gasteiger partial charge is 0.508 e. The van der Waals surface area contributed by atoms with E-state index in [0.717, 1.165) is 0 Å². The molecule has 0 aliphatic carbocycles. The molecular formula is C22H23N5O6. The van der Waals surface area contributed by atoms with Crippen molar-refractivity contribution < 1.29 is 24.5 Å². The molecule has 1 atom stereocenters. The van der Waals surface area contributed by atoms with Crippen LogP contribution in [0.1, 0.15) is 20.3 Å². The molecule has 0 unspecified atom stereocenters. The van der Waals surface area contributed by atoms with Crippen LogP contribution >= 0.6 is 0 Å². The number of anilines is 2. The number of aromatic amines is 1. The third kappa shape index (κ3) is 4.53. The summed E-state index contributed by atoms with van der Waals surface area (Å²) in [6, 6.07) is 9.83. The predicted octanol–water partition coefficient (Wildman–Crippen LogP) is 2.71. The lowest BCUT2D eigenvalue weighted by Crippen LogP contribution is -2.25. The number of phenolic OH excluding ortho intramolecular Hbond substituents is 1. The summed E-state index contributed by atoms with van der Waals surface area (Å²) in [5, 5.41) is 19.4. The van der Waals surface area contributed by atoms with Crippen molar-refractivity contribution in [2.45, 2.75) is 26.4 Å². The van der Waals surface area contributed by atoms with Crippen LogP contribution in [0.25, 0.3) is 22.5 Å². The van der Waals surface area contributed by atoms with Crippen LogP contribution in [0, 0.1) is 0 Å². The van der Waals surface area contributed by atoms with E-state index in [2.05, 4.69) is 26.4 Å². The van der Waals surface area contributed by atoms with Crippen molar-refractivity contribution in [1.82, 2.24) is 15.5 Å². The molecule has 0 amide bonds. The summed E-state index contributed by atoms with van der Waals surface area (Å²) in [6.07, 6.45) is -0.753. The van der Waals surface area contributed by atoms with E-state index in [1.165, 1.54) is 12.1 Å². The normalized spacial score (nSPS) is 12.9. The van der Waals surface area contributed by atoms with Crippen LogP contribution in [0.5, 0.6) is 17.2 Å². The summed E-state index contributed by atoms with van der Waals surface area (Å²) in [5.41, 5.74) is 9.87. The Morgan fingerprint density at radius 2 is 1.94 bits per heavy atom.